The van der Waals surface area contributed by atoms with Gasteiger partial charge in [0.15, 0.2) is 0 Å². The minimum Gasteiger partial charge on any atom is -0.310 e. The summed E-state index contributed by atoms with van der Waals surface area (Å²) in [6, 6.07) is 1.82. The number of aromatic nitrogens is 3. The molecular formula is C10H10N4O. The second-order valence-electron chi connectivity index (χ2n) is 3.79. The topological polar surface area (TPSA) is 70.7 Å². The minimum atomic E-state index is 0.0744. The van der Waals surface area contributed by atoms with Gasteiger partial charge in [0.2, 0.25) is 5.91 Å². The SMILES string of the molecule is O=C(Nc1cc2cn[nH]c2cn1)C1CC1. The van der Waals surface area contributed by atoms with Gasteiger partial charge in [0.05, 0.1) is 17.9 Å². The van der Waals surface area contributed by atoms with Crippen LogP contribution in [0.25, 0.3) is 10.9 Å². The van der Waals surface area contributed by atoms with E-state index < -0.39 is 0 Å². The number of nitrogens with one attached hydrogen (secondary N) is 2. The van der Waals surface area contributed by atoms with Gasteiger partial charge in [0, 0.05) is 11.3 Å². The Balaban J connectivity index is 1.86. The van der Waals surface area contributed by atoms with Crippen molar-refractivity contribution >= 4 is 22.6 Å². The Hall–Kier alpha value is -1.91. The van der Waals surface area contributed by atoms with Crippen LogP contribution in [0.4, 0.5) is 5.82 Å². The number of nitrogens with zero attached hydrogens (tertiary/aromatic N) is 2. The van der Waals surface area contributed by atoms with Crippen LogP contribution in [0.5, 0.6) is 0 Å². The largest absolute Gasteiger partial charge is 0.310 e. The molecule has 1 amide bonds. The molecule has 1 saturated carbocycles. The number of rotatable bonds is 2. The fraction of sp³-hybridized carbons (Fsp3) is 0.300. The average molecular weight is 202 g/mol. The first kappa shape index (κ1) is 8.40. The van der Waals surface area contributed by atoms with Crippen molar-refractivity contribution < 1.29 is 4.79 Å². The predicted octanol–water partition coefficient (Wildman–Crippen LogP) is 1.31. The van der Waals surface area contributed by atoms with Crippen molar-refractivity contribution in [2.24, 2.45) is 5.92 Å². The molecule has 76 valence electrons. The highest BCUT2D eigenvalue weighted by molar-refractivity contribution is 5.94. The van der Waals surface area contributed by atoms with Crippen molar-refractivity contribution in [2.45, 2.75) is 12.8 Å². The van der Waals surface area contributed by atoms with E-state index in [1.54, 1.807) is 12.4 Å². The Labute approximate surface area is 85.9 Å². The second kappa shape index (κ2) is 3.05. The summed E-state index contributed by atoms with van der Waals surface area (Å²) in [5, 5.41) is 10.5. The molecular weight excluding hydrogens is 192 g/mol. The van der Waals surface area contributed by atoms with Crippen molar-refractivity contribution in [3.05, 3.63) is 18.5 Å². The van der Waals surface area contributed by atoms with Gasteiger partial charge in [-0.05, 0) is 18.9 Å². The van der Waals surface area contributed by atoms with E-state index >= 15 is 0 Å². The lowest BCUT2D eigenvalue weighted by Gasteiger charge is -2.02. The molecule has 0 spiro atoms. The highest BCUT2D eigenvalue weighted by Crippen LogP contribution is 2.30. The van der Waals surface area contributed by atoms with Gasteiger partial charge in [-0.25, -0.2) is 4.98 Å². The van der Waals surface area contributed by atoms with Gasteiger partial charge in [-0.3, -0.25) is 9.89 Å². The minimum absolute atomic E-state index is 0.0744. The quantitative estimate of drug-likeness (QED) is 0.771. The van der Waals surface area contributed by atoms with Gasteiger partial charge in [-0.2, -0.15) is 5.10 Å². The Morgan fingerprint density at radius 1 is 1.47 bits per heavy atom. The maximum Gasteiger partial charge on any atom is 0.228 e. The lowest BCUT2D eigenvalue weighted by atomic mass is 10.3. The molecule has 0 aromatic carbocycles. The molecule has 1 fully saturated rings. The fourth-order valence-electron chi connectivity index (χ4n) is 1.48. The first-order chi connectivity index (χ1) is 7.33. The van der Waals surface area contributed by atoms with Crippen molar-refractivity contribution in [1.82, 2.24) is 15.2 Å². The molecule has 0 radical (unpaired) electrons. The van der Waals surface area contributed by atoms with E-state index in [-0.39, 0.29) is 11.8 Å². The van der Waals surface area contributed by atoms with Crippen LogP contribution in [-0.2, 0) is 4.79 Å². The van der Waals surface area contributed by atoms with Crippen LogP contribution in [0.1, 0.15) is 12.8 Å². The standard InChI is InChI=1S/C10H10N4O/c15-10(6-1-2-6)13-9-3-7-4-12-14-8(7)5-11-9/h3-6H,1-2H2,(H,12,14)(H,11,13,15). The van der Waals surface area contributed by atoms with Gasteiger partial charge in [-0.1, -0.05) is 0 Å². The van der Waals surface area contributed by atoms with Gasteiger partial charge in [-0.15, -0.1) is 0 Å². The molecule has 5 nitrogen and oxygen atoms in total. The third-order valence-electron chi connectivity index (χ3n) is 2.52. The number of fused-ring (bicyclic) bond motifs is 1. The van der Waals surface area contributed by atoms with Crippen molar-refractivity contribution in [3.63, 3.8) is 0 Å². The summed E-state index contributed by atoms with van der Waals surface area (Å²) in [5.74, 6) is 0.873. The van der Waals surface area contributed by atoms with Gasteiger partial charge in [0.25, 0.3) is 0 Å². The third kappa shape index (κ3) is 1.56. The first-order valence-corrected chi connectivity index (χ1v) is 4.93. The third-order valence-corrected chi connectivity index (χ3v) is 2.52. The zero-order valence-corrected chi connectivity index (χ0v) is 8.03. The molecule has 0 saturated heterocycles. The number of anilines is 1. The number of hydrogen-bond donors (Lipinski definition) is 2. The number of hydrogen-bond acceptors (Lipinski definition) is 3. The Kier molecular flexibility index (Phi) is 1.71. The van der Waals surface area contributed by atoms with Crippen LogP contribution in [0.3, 0.4) is 0 Å². The van der Waals surface area contributed by atoms with Crippen molar-refractivity contribution in [1.29, 1.82) is 0 Å². The number of carbonyl (C=O) groups excluding carboxylic acids is 1. The fourth-order valence-corrected chi connectivity index (χ4v) is 1.48. The number of amides is 1. The van der Waals surface area contributed by atoms with E-state index in [1.807, 2.05) is 6.07 Å². The number of pyridine rings is 1. The Morgan fingerprint density at radius 2 is 2.33 bits per heavy atom. The normalized spacial score (nSPS) is 15.5. The molecule has 2 aromatic heterocycles. The predicted molar refractivity (Wildman–Crippen MR) is 55.2 cm³/mol. The van der Waals surface area contributed by atoms with Crippen LogP contribution in [-0.4, -0.2) is 21.1 Å². The molecule has 3 rings (SSSR count). The highest BCUT2D eigenvalue weighted by atomic mass is 16.2. The highest BCUT2D eigenvalue weighted by Gasteiger charge is 2.29. The van der Waals surface area contributed by atoms with E-state index in [0.717, 1.165) is 23.7 Å². The average Bonchev–Trinajstić information content (AvgIpc) is 2.98. The van der Waals surface area contributed by atoms with Gasteiger partial charge < -0.3 is 5.32 Å². The van der Waals surface area contributed by atoms with Crippen LogP contribution in [0.2, 0.25) is 0 Å². The van der Waals surface area contributed by atoms with Gasteiger partial charge >= 0.3 is 0 Å². The maximum atomic E-state index is 11.5. The van der Waals surface area contributed by atoms with Crippen molar-refractivity contribution in [3.8, 4) is 0 Å². The molecule has 0 unspecified atom stereocenters. The zero-order chi connectivity index (χ0) is 10.3. The monoisotopic (exact) mass is 202 g/mol. The maximum absolute atomic E-state index is 11.5. The van der Waals surface area contributed by atoms with E-state index in [0.29, 0.717) is 5.82 Å². The number of aromatic amines is 1. The lowest BCUT2D eigenvalue weighted by molar-refractivity contribution is -0.117. The first-order valence-electron chi connectivity index (χ1n) is 4.93. The van der Waals surface area contributed by atoms with Crippen LogP contribution >= 0.6 is 0 Å². The van der Waals surface area contributed by atoms with E-state index in [4.69, 9.17) is 0 Å². The lowest BCUT2D eigenvalue weighted by Crippen LogP contribution is -2.14. The summed E-state index contributed by atoms with van der Waals surface area (Å²) in [4.78, 5) is 15.6. The number of carbonyl (C=O) groups is 1. The molecule has 1 aliphatic carbocycles. The van der Waals surface area contributed by atoms with E-state index in [2.05, 4.69) is 20.5 Å². The second-order valence-corrected chi connectivity index (χ2v) is 3.79. The summed E-state index contributed by atoms with van der Waals surface area (Å²) in [6.45, 7) is 0. The van der Waals surface area contributed by atoms with E-state index in [9.17, 15) is 4.79 Å². The van der Waals surface area contributed by atoms with Crippen LogP contribution in [0, 0.1) is 5.92 Å². The molecule has 5 heteroatoms. The van der Waals surface area contributed by atoms with E-state index in [1.165, 1.54) is 0 Å². The molecule has 2 N–H and O–H groups in total. The number of H-pyrrole nitrogens is 1. The van der Waals surface area contributed by atoms with Crippen LogP contribution < -0.4 is 5.32 Å². The smallest absolute Gasteiger partial charge is 0.228 e. The molecule has 0 atom stereocenters. The summed E-state index contributed by atoms with van der Waals surface area (Å²) in [6.07, 6.45) is 5.38. The molecule has 2 heterocycles. The molecule has 2 aromatic rings. The zero-order valence-electron chi connectivity index (χ0n) is 8.03. The molecule has 0 aliphatic heterocycles. The molecule has 1 aliphatic rings. The van der Waals surface area contributed by atoms with Crippen molar-refractivity contribution in [2.75, 3.05) is 5.32 Å². The summed E-state index contributed by atoms with van der Waals surface area (Å²) >= 11 is 0. The Bertz CT molecular complexity index is 515. The summed E-state index contributed by atoms with van der Waals surface area (Å²) < 4.78 is 0. The molecule has 0 bridgehead atoms. The Morgan fingerprint density at radius 3 is 3.13 bits per heavy atom. The molecule has 15 heavy (non-hydrogen) atoms. The summed E-state index contributed by atoms with van der Waals surface area (Å²) in [7, 11) is 0. The van der Waals surface area contributed by atoms with Crippen LogP contribution in [0.15, 0.2) is 18.5 Å². The van der Waals surface area contributed by atoms with Gasteiger partial charge in [0.1, 0.15) is 5.82 Å². The summed E-state index contributed by atoms with van der Waals surface area (Å²) in [5.41, 5.74) is 0.874.